The molecule has 2 fully saturated rings. The summed E-state index contributed by atoms with van der Waals surface area (Å²) in [4.78, 5) is 44.6. The lowest BCUT2D eigenvalue weighted by atomic mass is 9.63. The molecule has 13 heteroatoms. The molecule has 48 heavy (non-hydrogen) atoms. The number of aryl methyl sites for hydroxylation is 1. The van der Waals surface area contributed by atoms with E-state index in [4.69, 9.17) is 27.8 Å². The quantitative estimate of drug-likeness (QED) is 0.141. The van der Waals surface area contributed by atoms with Gasteiger partial charge in [0.05, 0.1) is 25.7 Å². The number of nitrogen functional groups attached to an aromatic ring is 1. The van der Waals surface area contributed by atoms with Gasteiger partial charge in [-0.05, 0) is 91.3 Å². The molecule has 0 aliphatic carbocycles. The molecule has 3 heterocycles. The van der Waals surface area contributed by atoms with Gasteiger partial charge in [0.1, 0.15) is 23.5 Å². The monoisotopic (exact) mass is 664 g/mol. The molecular formula is C35H53BN6O6. The highest BCUT2D eigenvalue weighted by Gasteiger charge is 2.59. The maximum atomic E-state index is 13.6. The third kappa shape index (κ3) is 7.72. The van der Waals surface area contributed by atoms with Crippen molar-refractivity contribution in [3.05, 3.63) is 30.5 Å². The summed E-state index contributed by atoms with van der Waals surface area (Å²) in [6.45, 7) is 12.8. The summed E-state index contributed by atoms with van der Waals surface area (Å²) in [5.41, 5.74) is 6.30. The number of methoxy groups -OCH3 is 1. The number of hydrogen-bond donors (Lipinski definition) is 1. The zero-order valence-electron chi connectivity index (χ0n) is 29.8. The van der Waals surface area contributed by atoms with E-state index in [-0.39, 0.29) is 11.8 Å². The van der Waals surface area contributed by atoms with Gasteiger partial charge in [0.15, 0.2) is 5.60 Å². The second kappa shape index (κ2) is 15.4. The van der Waals surface area contributed by atoms with Crippen LogP contribution in [0.3, 0.4) is 0 Å². The molecule has 8 atom stereocenters. The van der Waals surface area contributed by atoms with E-state index >= 15 is 0 Å². The third-order valence-electron chi connectivity index (χ3n) is 10.8. The van der Waals surface area contributed by atoms with E-state index in [0.717, 1.165) is 24.1 Å². The maximum absolute atomic E-state index is 13.6. The first kappa shape index (κ1) is 37.4. The highest BCUT2D eigenvalue weighted by molar-refractivity contribution is 6.15. The van der Waals surface area contributed by atoms with Crippen LogP contribution in [-0.4, -0.2) is 107 Å². The largest absolute Gasteiger partial charge is 0.458 e. The second-order valence-corrected chi connectivity index (χ2v) is 14.0. The van der Waals surface area contributed by atoms with Crippen LogP contribution in [0.1, 0.15) is 73.6 Å². The Labute approximate surface area is 286 Å². The van der Waals surface area contributed by atoms with Crippen molar-refractivity contribution in [1.29, 1.82) is 0 Å². The van der Waals surface area contributed by atoms with Crippen molar-refractivity contribution in [2.24, 2.45) is 11.8 Å². The molecule has 2 saturated heterocycles. The lowest BCUT2D eigenvalue weighted by Crippen LogP contribution is -2.60. The van der Waals surface area contributed by atoms with Crippen LogP contribution in [-0.2, 0) is 30.3 Å². The zero-order valence-corrected chi connectivity index (χ0v) is 29.8. The molecule has 2 radical (unpaired) electrons. The molecule has 1 amide bonds. The number of unbranched alkanes of at least 4 members (excludes halogenated alkanes) is 1. The molecule has 0 spiro atoms. The Hall–Kier alpha value is -3.45. The number of cyclic esters (lactones) is 1. The number of ketones is 1. The molecule has 2 aromatic rings. The first-order valence-electron chi connectivity index (χ1n) is 17.2. The first-order chi connectivity index (χ1) is 22.7. The zero-order chi connectivity index (χ0) is 35.4. The normalized spacial score (nSPS) is 32.7. The van der Waals surface area contributed by atoms with Gasteiger partial charge < -0.3 is 24.8 Å². The van der Waals surface area contributed by atoms with Crippen molar-refractivity contribution in [2.45, 2.75) is 115 Å². The van der Waals surface area contributed by atoms with Crippen LogP contribution in [0.15, 0.2) is 30.5 Å². The number of esters is 1. The summed E-state index contributed by atoms with van der Waals surface area (Å²) in [6, 6.07) is 6.93. The van der Waals surface area contributed by atoms with Crippen molar-refractivity contribution in [1.82, 2.24) is 24.8 Å². The fourth-order valence-electron chi connectivity index (χ4n) is 7.34. The number of aromatic nitrogens is 3. The lowest BCUT2D eigenvalue weighted by Gasteiger charge is -2.43. The van der Waals surface area contributed by atoms with Crippen LogP contribution in [0, 0.1) is 11.8 Å². The molecule has 262 valence electrons. The minimum absolute atomic E-state index is 0.157. The van der Waals surface area contributed by atoms with E-state index in [1.54, 1.807) is 30.5 Å². The summed E-state index contributed by atoms with van der Waals surface area (Å²) in [5, 5.41) is 8.57. The molecule has 2 N–H and O–H groups in total. The van der Waals surface area contributed by atoms with Gasteiger partial charge in [-0.15, -0.1) is 5.10 Å². The number of rotatable bonds is 8. The van der Waals surface area contributed by atoms with E-state index in [1.807, 2.05) is 58.3 Å². The van der Waals surface area contributed by atoms with Crippen molar-refractivity contribution in [3.8, 4) is 11.3 Å². The molecule has 4 rings (SSSR count). The molecular weight excluding hydrogens is 611 g/mol. The van der Waals surface area contributed by atoms with E-state index in [0.29, 0.717) is 44.6 Å². The van der Waals surface area contributed by atoms with E-state index in [2.05, 4.69) is 22.1 Å². The number of anilines is 1. The number of Topliss-reactive ketones (excluding diaryl/α,β-unsaturated/α-hetero) is 1. The smallest absolute Gasteiger partial charge is 0.410 e. The third-order valence-corrected chi connectivity index (χ3v) is 10.8. The molecule has 1 aromatic heterocycles. The minimum Gasteiger partial charge on any atom is -0.458 e. The summed E-state index contributed by atoms with van der Waals surface area (Å²) >= 11 is 0. The molecule has 2 aliphatic rings. The maximum Gasteiger partial charge on any atom is 0.410 e. The van der Waals surface area contributed by atoms with Gasteiger partial charge in [-0.3, -0.25) is 19.2 Å². The van der Waals surface area contributed by atoms with Gasteiger partial charge in [0.25, 0.3) is 0 Å². The fourth-order valence-corrected chi connectivity index (χ4v) is 7.34. The Kier molecular flexibility index (Phi) is 12.0. The van der Waals surface area contributed by atoms with Crippen LogP contribution < -0.4 is 5.73 Å². The Balaban J connectivity index is 1.55. The van der Waals surface area contributed by atoms with E-state index in [1.165, 1.54) is 0 Å². The number of fused-ring (bicyclic) bond motifs is 1. The van der Waals surface area contributed by atoms with Crippen LogP contribution in [0.4, 0.5) is 10.5 Å². The average molecular weight is 665 g/mol. The lowest BCUT2D eigenvalue weighted by molar-refractivity contribution is -0.171. The minimum atomic E-state index is -1.15. The number of carbonyl (C=O) groups excluding carboxylic acids is 3. The average Bonchev–Trinajstić information content (AvgIpc) is 3.64. The molecule has 2 aliphatic heterocycles. The van der Waals surface area contributed by atoms with Gasteiger partial charge in [-0.1, -0.05) is 31.2 Å². The van der Waals surface area contributed by atoms with Crippen LogP contribution in [0.25, 0.3) is 11.3 Å². The molecule has 1 aromatic carbocycles. The Morgan fingerprint density at radius 3 is 2.50 bits per heavy atom. The highest BCUT2D eigenvalue weighted by Crippen LogP contribution is 2.41. The molecule has 0 saturated carbocycles. The molecule has 0 unspecified atom stereocenters. The number of nitrogens with two attached hydrogens (primary N) is 1. The first-order valence-corrected chi connectivity index (χ1v) is 17.2. The number of carbonyl (C=O) groups is 3. The van der Waals surface area contributed by atoms with Crippen molar-refractivity contribution in [2.75, 3.05) is 33.0 Å². The van der Waals surface area contributed by atoms with Crippen molar-refractivity contribution in [3.63, 3.8) is 0 Å². The summed E-state index contributed by atoms with van der Waals surface area (Å²) < 4.78 is 19.9. The number of ether oxygens (including phenoxy) is 3. The van der Waals surface area contributed by atoms with Crippen LogP contribution in [0.5, 0.6) is 0 Å². The van der Waals surface area contributed by atoms with E-state index < -0.39 is 53.1 Å². The number of likely N-dealkylation sites (N-methyl/N-ethyl adjacent to an activating group) is 1. The van der Waals surface area contributed by atoms with Gasteiger partial charge in [-0.25, -0.2) is 4.79 Å². The standard InChI is InChI=1S/C35H53BN6O6/c1-9-28-35(6)31(24(4)40(7)17-13-16-34(5,46-8)30(36)22(2)29(43)23(3)32(44)47-28)42(33(45)48-35)19-11-10-18-41-21-27(38-39-41)25-14-12-15-26(37)20-25/h12,14-15,20-24,28,30-31H,9-11,13,16-19,37H2,1-8H3/t22-,23+,24-,28+,30+,31+,34+,35+/m0/s1. The van der Waals surface area contributed by atoms with Crippen molar-refractivity contribution >= 4 is 31.4 Å². The van der Waals surface area contributed by atoms with Crippen molar-refractivity contribution < 1.29 is 28.6 Å². The summed E-state index contributed by atoms with van der Waals surface area (Å²) in [7, 11) is 10.3. The van der Waals surface area contributed by atoms with Gasteiger partial charge in [-0.2, -0.15) is 0 Å². The molecule has 12 nitrogen and oxygen atoms in total. The van der Waals surface area contributed by atoms with Crippen LogP contribution >= 0.6 is 0 Å². The highest BCUT2D eigenvalue weighted by atomic mass is 16.6. The predicted octanol–water partition coefficient (Wildman–Crippen LogP) is 4.53. The van der Waals surface area contributed by atoms with E-state index in [9.17, 15) is 14.4 Å². The van der Waals surface area contributed by atoms with Gasteiger partial charge in [0.2, 0.25) is 0 Å². The van der Waals surface area contributed by atoms with Crippen LogP contribution in [0.2, 0.25) is 5.82 Å². The topological polar surface area (TPSA) is 142 Å². The number of hydrogen-bond acceptors (Lipinski definition) is 10. The van der Waals surface area contributed by atoms with Gasteiger partial charge >= 0.3 is 12.1 Å². The Bertz CT molecular complexity index is 1440. The number of benzene rings is 1. The second-order valence-electron chi connectivity index (χ2n) is 14.0. The number of amides is 1. The van der Waals surface area contributed by atoms with Gasteiger partial charge in [0, 0.05) is 43.4 Å². The Morgan fingerprint density at radius 1 is 1.12 bits per heavy atom. The summed E-state index contributed by atoms with van der Waals surface area (Å²) in [5.74, 6) is -3.25. The Morgan fingerprint density at radius 2 is 1.83 bits per heavy atom. The molecule has 0 bridgehead atoms. The predicted molar refractivity (Wildman–Crippen MR) is 184 cm³/mol. The SMILES string of the molecule is [B][C@@H]1[C@@H](C)C(=O)[C@@H](C)C(=O)O[C@H](CC)[C@@]2(C)OC(=O)N(CCCCn3cc(-c4cccc(N)c4)nn3)[C@@H]2[C@H](C)N(C)CCC[C@@]1(C)OC. The number of nitrogens with zero attached hydrogens (tertiary/aromatic N) is 5. The summed E-state index contributed by atoms with van der Waals surface area (Å²) in [6.07, 6.45) is 3.87. The fraction of sp³-hybridized carbons (Fsp3) is 0.686.